The van der Waals surface area contributed by atoms with E-state index in [9.17, 15) is 14.7 Å². The van der Waals surface area contributed by atoms with E-state index in [4.69, 9.17) is 9.47 Å². The van der Waals surface area contributed by atoms with E-state index in [-0.39, 0.29) is 16.7 Å². The van der Waals surface area contributed by atoms with Crippen molar-refractivity contribution in [2.75, 3.05) is 27.4 Å². The fourth-order valence-electron chi connectivity index (χ4n) is 4.30. The second kappa shape index (κ2) is 9.79. The highest BCUT2D eigenvalue weighted by Gasteiger charge is 2.46. The number of hydrogen-bond acceptors (Lipinski definition) is 5. The summed E-state index contributed by atoms with van der Waals surface area (Å²) >= 11 is 0. The van der Waals surface area contributed by atoms with E-state index in [1.807, 2.05) is 37.3 Å². The number of rotatable bonds is 7. The molecule has 1 aliphatic rings. The molecular weight excluding hydrogens is 418 g/mol. The van der Waals surface area contributed by atoms with Gasteiger partial charge in [0.1, 0.15) is 11.5 Å². The topological polar surface area (TPSA) is 76.1 Å². The van der Waals surface area contributed by atoms with Crippen LogP contribution in [0.15, 0.2) is 48.0 Å². The van der Waals surface area contributed by atoms with Gasteiger partial charge in [-0.15, -0.1) is 0 Å². The molecule has 0 spiro atoms. The maximum atomic E-state index is 13.2. The highest BCUT2D eigenvalue weighted by Crippen LogP contribution is 2.41. The van der Waals surface area contributed by atoms with E-state index >= 15 is 0 Å². The fraction of sp³-hybridized carbons (Fsp3) is 0.407. The lowest BCUT2D eigenvalue weighted by atomic mass is 9.84. The van der Waals surface area contributed by atoms with Crippen LogP contribution in [0.4, 0.5) is 0 Å². The number of Topliss-reactive ketones (excluding diaryl/α,β-unsaturated/α-hetero) is 1. The number of aliphatic hydroxyl groups excluding tert-OH is 1. The van der Waals surface area contributed by atoms with E-state index < -0.39 is 17.7 Å². The van der Waals surface area contributed by atoms with Gasteiger partial charge in [-0.05, 0) is 48.1 Å². The zero-order valence-corrected chi connectivity index (χ0v) is 20.3. The monoisotopic (exact) mass is 451 g/mol. The number of likely N-dealkylation sites (tertiary alicyclic amines) is 1. The summed E-state index contributed by atoms with van der Waals surface area (Å²) in [4.78, 5) is 27.8. The smallest absolute Gasteiger partial charge is 0.295 e. The summed E-state index contributed by atoms with van der Waals surface area (Å²) in [6, 6.07) is 12.3. The first-order chi connectivity index (χ1) is 15.6. The lowest BCUT2D eigenvalue weighted by Crippen LogP contribution is -2.31. The van der Waals surface area contributed by atoms with Crippen LogP contribution in [0.1, 0.15) is 55.5 Å². The van der Waals surface area contributed by atoms with Crippen LogP contribution >= 0.6 is 0 Å². The molecule has 6 nitrogen and oxygen atoms in total. The van der Waals surface area contributed by atoms with E-state index in [2.05, 4.69) is 20.8 Å². The zero-order valence-electron chi connectivity index (χ0n) is 20.3. The minimum atomic E-state index is -0.675. The summed E-state index contributed by atoms with van der Waals surface area (Å²) < 4.78 is 10.7. The molecule has 33 heavy (non-hydrogen) atoms. The molecule has 0 aliphatic carbocycles. The average molecular weight is 452 g/mol. The molecule has 2 aromatic carbocycles. The number of ketones is 1. The largest absolute Gasteiger partial charge is 0.507 e. The molecule has 0 radical (unpaired) electrons. The second-order valence-electron chi connectivity index (χ2n) is 9.36. The van der Waals surface area contributed by atoms with E-state index in [1.165, 1.54) is 0 Å². The molecule has 1 unspecified atom stereocenters. The minimum Gasteiger partial charge on any atom is -0.507 e. The van der Waals surface area contributed by atoms with E-state index in [1.54, 1.807) is 31.3 Å². The van der Waals surface area contributed by atoms with Gasteiger partial charge < -0.3 is 19.5 Å². The summed E-state index contributed by atoms with van der Waals surface area (Å²) in [5.74, 6) is -0.754. The Hall–Kier alpha value is -3.12. The lowest BCUT2D eigenvalue weighted by Gasteiger charge is -2.27. The molecule has 1 aliphatic heterocycles. The van der Waals surface area contributed by atoms with Gasteiger partial charge in [0.05, 0.1) is 18.7 Å². The van der Waals surface area contributed by atoms with Crippen molar-refractivity contribution in [3.05, 3.63) is 70.3 Å². The normalized spacial score (nSPS) is 18.1. The first-order valence-corrected chi connectivity index (χ1v) is 11.1. The van der Waals surface area contributed by atoms with Gasteiger partial charge in [-0.2, -0.15) is 0 Å². The Morgan fingerprint density at radius 2 is 1.79 bits per heavy atom. The van der Waals surface area contributed by atoms with Gasteiger partial charge >= 0.3 is 0 Å². The van der Waals surface area contributed by atoms with Crippen LogP contribution < -0.4 is 4.74 Å². The summed E-state index contributed by atoms with van der Waals surface area (Å²) in [7, 11) is 3.21. The second-order valence-corrected chi connectivity index (χ2v) is 9.36. The van der Waals surface area contributed by atoms with Crippen LogP contribution in [0.2, 0.25) is 0 Å². The Morgan fingerprint density at radius 1 is 1.09 bits per heavy atom. The van der Waals surface area contributed by atoms with Crippen molar-refractivity contribution in [1.82, 2.24) is 4.90 Å². The van der Waals surface area contributed by atoms with Crippen molar-refractivity contribution in [2.45, 2.75) is 45.6 Å². The molecule has 1 saturated heterocycles. The first kappa shape index (κ1) is 24.5. The Balaban J connectivity index is 2.20. The van der Waals surface area contributed by atoms with Gasteiger partial charge in [0.15, 0.2) is 0 Å². The number of hydrogen-bond donors (Lipinski definition) is 1. The van der Waals surface area contributed by atoms with Crippen LogP contribution in [-0.2, 0) is 19.7 Å². The molecule has 1 N–H and O–H groups in total. The van der Waals surface area contributed by atoms with Crippen molar-refractivity contribution in [3.8, 4) is 5.75 Å². The third kappa shape index (κ3) is 4.81. The fourth-order valence-corrected chi connectivity index (χ4v) is 4.30. The standard InChI is InChI=1S/C27H33NO5/c1-17-10-7-8-11-19(17)23-22(25(30)26(31)28(23)14-9-15-32-5)24(29)18-12-13-21(33-6)20(16-18)27(2,3)4/h7-8,10-13,16,23,29H,9,14-15H2,1-6H3/b24-22+. The molecule has 0 bridgehead atoms. The molecule has 0 saturated carbocycles. The van der Waals surface area contributed by atoms with Gasteiger partial charge in [-0.3, -0.25) is 9.59 Å². The van der Waals surface area contributed by atoms with E-state index in [0.29, 0.717) is 30.9 Å². The predicted octanol–water partition coefficient (Wildman–Crippen LogP) is 4.76. The first-order valence-electron chi connectivity index (χ1n) is 11.1. The highest BCUT2D eigenvalue weighted by atomic mass is 16.5. The van der Waals surface area contributed by atoms with Gasteiger partial charge in [0.2, 0.25) is 0 Å². The molecule has 6 heteroatoms. The molecule has 176 valence electrons. The van der Waals surface area contributed by atoms with Crippen LogP contribution in [0.5, 0.6) is 5.75 Å². The Bertz CT molecular complexity index is 1080. The van der Waals surface area contributed by atoms with Gasteiger partial charge in [0, 0.05) is 31.4 Å². The number of amides is 1. The van der Waals surface area contributed by atoms with Crippen molar-refractivity contribution in [3.63, 3.8) is 0 Å². The molecule has 1 atom stereocenters. The maximum absolute atomic E-state index is 13.2. The zero-order chi connectivity index (χ0) is 24.3. The quantitative estimate of drug-likeness (QED) is 0.284. The number of methoxy groups -OCH3 is 2. The van der Waals surface area contributed by atoms with Crippen molar-refractivity contribution < 1.29 is 24.2 Å². The number of carbonyl (C=O) groups excluding carboxylic acids is 2. The van der Waals surface area contributed by atoms with Crippen molar-refractivity contribution >= 4 is 17.4 Å². The Morgan fingerprint density at radius 3 is 2.39 bits per heavy atom. The molecule has 0 aromatic heterocycles. The Kier molecular flexibility index (Phi) is 7.28. The number of aliphatic hydroxyl groups is 1. The minimum absolute atomic E-state index is 0.108. The molecule has 1 amide bonds. The molecule has 1 heterocycles. The van der Waals surface area contributed by atoms with Gasteiger partial charge in [-0.1, -0.05) is 45.0 Å². The highest BCUT2D eigenvalue weighted by molar-refractivity contribution is 6.46. The molecule has 2 aromatic rings. The molecule has 3 rings (SSSR count). The average Bonchev–Trinajstić information content (AvgIpc) is 3.03. The SMILES string of the molecule is COCCCN1C(=O)C(=O)/C(=C(/O)c2ccc(OC)c(C(C)(C)C)c2)C1c1ccccc1C. The van der Waals surface area contributed by atoms with Gasteiger partial charge in [-0.25, -0.2) is 0 Å². The summed E-state index contributed by atoms with van der Waals surface area (Å²) in [5, 5.41) is 11.4. The number of carbonyl (C=O) groups is 2. The number of nitrogens with zero attached hydrogens (tertiary/aromatic N) is 1. The lowest BCUT2D eigenvalue weighted by molar-refractivity contribution is -0.140. The van der Waals surface area contributed by atoms with E-state index in [0.717, 1.165) is 16.7 Å². The molecule has 1 fully saturated rings. The van der Waals surface area contributed by atoms with Crippen molar-refractivity contribution in [2.24, 2.45) is 0 Å². The third-order valence-electron chi connectivity index (χ3n) is 6.05. The third-order valence-corrected chi connectivity index (χ3v) is 6.05. The Labute approximate surface area is 195 Å². The van der Waals surface area contributed by atoms with Crippen LogP contribution in [0, 0.1) is 6.92 Å². The number of benzene rings is 2. The number of ether oxygens (including phenoxy) is 2. The summed E-state index contributed by atoms with van der Waals surface area (Å²) in [6.07, 6.45) is 0.586. The van der Waals surface area contributed by atoms with Crippen LogP contribution in [0.3, 0.4) is 0 Å². The summed E-state index contributed by atoms with van der Waals surface area (Å²) in [6.45, 7) is 8.92. The maximum Gasteiger partial charge on any atom is 0.295 e. The van der Waals surface area contributed by atoms with Crippen molar-refractivity contribution in [1.29, 1.82) is 0 Å². The summed E-state index contributed by atoms with van der Waals surface area (Å²) in [5.41, 5.74) is 3.00. The van der Waals surface area contributed by atoms with Gasteiger partial charge in [0.25, 0.3) is 11.7 Å². The molecular formula is C27H33NO5. The van der Waals surface area contributed by atoms with Crippen LogP contribution in [-0.4, -0.2) is 49.1 Å². The number of aryl methyl sites for hydroxylation is 1. The predicted molar refractivity (Wildman–Crippen MR) is 128 cm³/mol. The van der Waals surface area contributed by atoms with Crippen LogP contribution in [0.25, 0.3) is 5.76 Å².